The predicted octanol–water partition coefficient (Wildman–Crippen LogP) is 3.17. The Bertz CT molecular complexity index is 892. The molecule has 1 aromatic rings. The zero-order chi connectivity index (χ0) is 20.3. The molecule has 1 aliphatic heterocycles. The summed E-state index contributed by atoms with van der Waals surface area (Å²) in [6.07, 6.45) is 3.48. The van der Waals surface area contributed by atoms with E-state index in [9.17, 15) is 14.4 Å². The van der Waals surface area contributed by atoms with E-state index in [0.29, 0.717) is 28.8 Å². The van der Waals surface area contributed by atoms with Gasteiger partial charge in [0.1, 0.15) is 6.61 Å². The summed E-state index contributed by atoms with van der Waals surface area (Å²) in [5.41, 5.74) is 3.69. The molecule has 6 heteroatoms. The van der Waals surface area contributed by atoms with Crippen molar-refractivity contribution in [1.29, 1.82) is 0 Å². The summed E-state index contributed by atoms with van der Waals surface area (Å²) in [4.78, 5) is 37.3. The molecule has 0 saturated heterocycles. The summed E-state index contributed by atoms with van der Waals surface area (Å²) in [5, 5.41) is 3.23. The number of allylic oxidation sites excluding steroid dienone is 3. The van der Waals surface area contributed by atoms with Crippen LogP contribution in [-0.2, 0) is 19.1 Å². The van der Waals surface area contributed by atoms with Gasteiger partial charge in [-0.3, -0.25) is 4.79 Å². The van der Waals surface area contributed by atoms with Gasteiger partial charge in [0.05, 0.1) is 18.2 Å². The summed E-state index contributed by atoms with van der Waals surface area (Å²) < 4.78 is 10.0. The Kier molecular flexibility index (Phi) is 5.78. The Morgan fingerprint density at radius 2 is 1.93 bits per heavy atom. The number of nitrogens with one attached hydrogen (secondary N) is 1. The zero-order valence-corrected chi connectivity index (χ0v) is 16.0. The fourth-order valence-electron chi connectivity index (χ4n) is 3.73. The molecular formula is C22H23NO5. The highest BCUT2D eigenvalue weighted by Crippen LogP contribution is 2.42. The zero-order valence-electron chi connectivity index (χ0n) is 16.0. The maximum atomic E-state index is 12.8. The van der Waals surface area contributed by atoms with Crippen LogP contribution in [0.4, 0.5) is 0 Å². The van der Waals surface area contributed by atoms with E-state index in [0.717, 1.165) is 24.1 Å². The summed E-state index contributed by atoms with van der Waals surface area (Å²) in [6.45, 7) is 5.47. The maximum absolute atomic E-state index is 12.8. The third-order valence-corrected chi connectivity index (χ3v) is 4.99. The molecule has 0 unspecified atom stereocenters. The third kappa shape index (κ3) is 3.63. The van der Waals surface area contributed by atoms with E-state index in [1.54, 1.807) is 24.3 Å². The number of methoxy groups -OCH3 is 1. The minimum absolute atomic E-state index is 0.0253. The number of carbonyl (C=O) groups is 3. The molecule has 28 heavy (non-hydrogen) atoms. The molecular weight excluding hydrogens is 358 g/mol. The second kappa shape index (κ2) is 8.25. The molecule has 6 nitrogen and oxygen atoms in total. The van der Waals surface area contributed by atoms with Crippen molar-refractivity contribution >= 4 is 17.7 Å². The number of carbonyl (C=O) groups excluding carboxylic acids is 3. The minimum atomic E-state index is -0.534. The van der Waals surface area contributed by atoms with E-state index in [-0.39, 0.29) is 12.4 Å². The van der Waals surface area contributed by atoms with E-state index in [1.165, 1.54) is 13.2 Å². The van der Waals surface area contributed by atoms with Crippen LogP contribution in [0.1, 0.15) is 48.0 Å². The Morgan fingerprint density at radius 1 is 1.21 bits per heavy atom. The summed E-state index contributed by atoms with van der Waals surface area (Å²) >= 11 is 0. The van der Waals surface area contributed by atoms with Crippen LogP contribution in [-0.4, -0.2) is 31.4 Å². The third-order valence-electron chi connectivity index (χ3n) is 4.99. The van der Waals surface area contributed by atoms with Gasteiger partial charge in [0, 0.05) is 29.3 Å². The normalized spacial score (nSPS) is 18.9. The molecule has 1 N–H and O–H groups in total. The number of Topliss-reactive ketones (excluding diaryl/α,β-unsaturated/α-hetero) is 1. The van der Waals surface area contributed by atoms with Gasteiger partial charge in [-0.15, -0.1) is 0 Å². The first-order valence-corrected chi connectivity index (χ1v) is 9.18. The molecule has 2 aliphatic rings. The molecule has 0 radical (unpaired) electrons. The molecule has 1 heterocycles. The van der Waals surface area contributed by atoms with Crippen LogP contribution in [0.2, 0.25) is 0 Å². The monoisotopic (exact) mass is 381 g/mol. The van der Waals surface area contributed by atoms with E-state index in [1.807, 2.05) is 6.92 Å². The van der Waals surface area contributed by atoms with Crippen molar-refractivity contribution in [3.8, 4) is 0 Å². The van der Waals surface area contributed by atoms with Gasteiger partial charge < -0.3 is 14.8 Å². The number of hydrogen-bond acceptors (Lipinski definition) is 6. The Labute approximate surface area is 163 Å². The Hall–Kier alpha value is -3.15. The van der Waals surface area contributed by atoms with Gasteiger partial charge in [0.2, 0.25) is 0 Å². The second-order valence-corrected chi connectivity index (χ2v) is 6.77. The number of ether oxygens (including phenoxy) is 2. The molecule has 1 aromatic carbocycles. The first kappa shape index (κ1) is 19.6. The van der Waals surface area contributed by atoms with Crippen molar-refractivity contribution in [2.24, 2.45) is 0 Å². The van der Waals surface area contributed by atoms with Crippen molar-refractivity contribution in [2.45, 2.75) is 32.1 Å². The smallest absolute Gasteiger partial charge is 0.337 e. The molecule has 0 spiro atoms. The molecule has 3 rings (SSSR count). The largest absolute Gasteiger partial charge is 0.465 e. The van der Waals surface area contributed by atoms with Crippen molar-refractivity contribution in [2.75, 3.05) is 13.7 Å². The fraction of sp³-hybridized carbons (Fsp3) is 0.318. The first-order valence-electron chi connectivity index (χ1n) is 9.18. The molecule has 146 valence electrons. The average Bonchev–Trinajstić information content (AvgIpc) is 2.70. The van der Waals surface area contributed by atoms with Crippen LogP contribution < -0.4 is 5.32 Å². The Morgan fingerprint density at radius 3 is 2.57 bits per heavy atom. The summed E-state index contributed by atoms with van der Waals surface area (Å²) in [7, 11) is 1.32. The number of esters is 2. The molecule has 0 bridgehead atoms. The molecule has 0 fully saturated rings. The van der Waals surface area contributed by atoms with Gasteiger partial charge in [0.25, 0.3) is 0 Å². The highest BCUT2D eigenvalue weighted by atomic mass is 16.5. The standard InChI is InChI=1S/C22H23NO5/c1-4-12-28-22(26)18-13(2)23-16-6-5-7-17(24)20(16)19(18)14-8-10-15(11-9-14)21(25)27-3/h4,8-11,19,23H,1,5-7,12H2,2-3H3/t19-/m1/s1. The highest BCUT2D eigenvalue weighted by Gasteiger charge is 2.39. The number of hydrogen-bond donors (Lipinski definition) is 1. The van der Waals surface area contributed by atoms with Gasteiger partial charge in [-0.25, -0.2) is 9.59 Å². The average molecular weight is 381 g/mol. The van der Waals surface area contributed by atoms with Gasteiger partial charge in [0.15, 0.2) is 5.78 Å². The van der Waals surface area contributed by atoms with Gasteiger partial charge >= 0.3 is 11.9 Å². The number of dihydropyridines is 1. The predicted molar refractivity (Wildman–Crippen MR) is 103 cm³/mol. The lowest BCUT2D eigenvalue weighted by Crippen LogP contribution is -2.34. The van der Waals surface area contributed by atoms with Crippen LogP contribution in [0.5, 0.6) is 0 Å². The van der Waals surface area contributed by atoms with Crippen LogP contribution in [0.25, 0.3) is 0 Å². The van der Waals surface area contributed by atoms with E-state index >= 15 is 0 Å². The lowest BCUT2D eigenvalue weighted by Gasteiger charge is -2.34. The van der Waals surface area contributed by atoms with Crippen LogP contribution >= 0.6 is 0 Å². The highest BCUT2D eigenvalue weighted by molar-refractivity contribution is 6.03. The molecule has 0 saturated carbocycles. The van der Waals surface area contributed by atoms with E-state index in [2.05, 4.69) is 11.9 Å². The minimum Gasteiger partial charge on any atom is -0.465 e. The number of rotatable bonds is 5. The van der Waals surface area contributed by atoms with Gasteiger partial charge in [-0.1, -0.05) is 24.8 Å². The van der Waals surface area contributed by atoms with Crippen molar-refractivity contribution < 1.29 is 23.9 Å². The van der Waals surface area contributed by atoms with Crippen molar-refractivity contribution in [3.63, 3.8) is 0 Å². The van der Waals surface area contributed by atoms with E-state index in [4.69, 9.17) is 9.47 Å². The topological polar surface area (TPSA) is 81.7 Å². The van der Waals surface area contributed by atoms with Crippen molar-refractivity contribution in [3.05, 3.63) is 70.6 Å². The molecule has 0 amide bonds. The lowest BCUT2D eigenvalue weighted by molar-refractivity contribution is -0.138. The first-order chi connectivity index (χ1) is 13.5. The number of benzene rings is 1. The fourth-order valence-corrected chi connectivity index (χ4v) is 3.73. The van der Waals surface area contributed by atoms with Crippen molar-refractivity contribution in [1.82, 2.24) is 5.32 Å². The number of ketones is 1. The molecule has 1 aliphatic carbocycles. The second-order valence-electron chi connectivity index (χ2n) is 6.77. The van der Waals surface area contributed by atoms with Crippen LogP contribution in [0.15, 0.2) is 59.5 Å². The van der Waals surface area contributed by atoms with Gasteiger partial charge in [-0.05, 0) is 37.5 Å². The lowest BCUT2D eigenvalue weighted by atomic mass is 9.75. The summed E-state index contributed by atoms with van der Waals surface area (Å²) in [5.74, 6) is -1.44. The molecule has 0 aromatic heterocycles. The molecule has 1 atom stereocenters. The quantitative estimate of drug-likeness (QED) is 0.623. The Balaban J connectivity index is 2.08. The maximum Gasteiger partial charge on any atom is 0.337 e. The van der Waals surface area contributed by atoms with E-state index < -0.39 is 17.9 Å². The van der Waals surface area contributed by atoms with Crippen LogP contribution in [0, 0.1) is 0 Å². The SMILES string of the molecule is C=CCOC(=O)C1=C(C)NC2=C(C(=O)CCC2)[C@@H]1c1ccc(C(=O)OC)cc1. The van der Waals surface area contributed by atoms with Gasteiger partial charge in [-0.2, -0.15) is 0 Å². The van der Waals surface area contributed by atoms with Crippen LogP contribution in [0.3, 0.4) is 0 Å². The summed E-state index contributed by atoms with van der Waals surface area (Å²) in [6, 6.07) is 6.78.